The Morgan fingerprint density at radius 3 is 2.94 bits per heavy atom. The molecule has 6 nitrogen and oxygen atoms in total. The molecule has 0 aromatic heterocycles. The van der Waals surface area contributed by atoms with E-state index in [4.69, 9.17) is 14.6 Å². The monoisotopic (exact) mass is 322 g/mol. The Labute approximate surface area is 107 Å². The molecule has 1 aliphatic heterocycles. The number of hydrogen-bond acceptors (Lipinski definition) is 4. The fourth-order valence-electron chi connectivity index (χ4n) is 1.40. The normalized spacial score (nSPS) is 19.1. The Balaban J connectivity index is 2.01. The molecule has 0 aliphatic carbocycles. The van der Waals surface area contributed by atoms with Crippen LogP contribution >= 0.6 is 15.9 Å². The van der Waals surface area contributed by atoms with Gasteiger partial charge >= 0.3 is 0 Å². The van der Waals surface area contributed by atoms with Crippen LogP contribution in [0.2, 0.25) is 0 Å². The molecular formula is C9H11BrN2O4S. The molecule has 1 aliphatic rings. The molecule has 0 unspecified atom stereocenters. The van der Waals surface area contributed by atoms with E-state index in [1.807, 2.05) is 6.07 Å². The molecule has 0 amide bonds. The Hall–Kier alpha value is -0.830. The van der Waals surface area contributed by atoms with E-state index in [9.17, 15) is 8.42 Å². The Kier molecular flexibility index (Phi) is 3.57. The lowest BCUT2D eigenvalue weighted by Crippen LogP contribution is -2.42. The summed E-state index contributed by atoms with van der Waals surface area (Å²) in [5.74, 6) is 1.21. The van der Waals surface area contributed by atoms with Crippen molar-refractivity contribution in [2.45, 2.75) is 6.10 Å². The smallest absolute Gasteiger partial charge is 0.274 e. The van der Waals surface area contributed by atoms with Crippen LogP contribution in [0.3, 0.4) is 0 Å². The minimum Gasteiger partial charge on any atom is -0.486 e. The van der Waals surface area contributed by atoms with Crippen LogP contribution in [-0.4, -0.2) is 27.7 Å². The van der Waals surface area contributed by atoms with Crippen LogP contribution in [0, 0.1) is 0 Å². The van der Waals surface area contributed by atoms with Gasteiger partial charge in [-0.1, -0.05) is 15.9 Å². The average Bonchev–Trinajstić information content (AvgIpc) is 2.25. The molecule has 8 heteroatoms. The van der Waals surface area contributed by atoms with E-state index in [1.165, 1.54) is 0 Å². The first-order valence-corrected chi connectivity index (χ1v) is 7.14. The van der Waals surface area contributed by atoms with Crippen molar-refractivity contribution in [3.8, 4) is 11.5 Å². The third-order valence-electron chi connectivity index (χ3n) is 2.14. The number of nitrogens with one attached hydrogen (secondary N) is 1. The van der Waals surface area contributed by atoms with E-state index in [2.05, 4.69) is 20.7 Å². The molecule has 1 atom stereocenters. The fourth-order valence-corrected chi connectivity index (χ4v) is 2.16. The summed E-state index contributed by atoms with van der Waals surface area (Å²) in [7, 11) is -3.70. The first-order valence-electron chi connectivity index (χ1n) is 4.80. The summed E-state index contributed by atoms with van der Waals surface area (Å²) in [6, 6.07) is 5.36. The SMILES string of the molecule is NS(=O)(=O)NC[C@H]1COc2cc(Br)ccc2O1. The second kappa shape index (κ2) is 4.81. The minimum absolute atomic E-state index is 0.0777. The molecule has 0 fully saturated rings. The quantitative estimate of drug-likeness (QED) is 0.841. The molecule has 2 rings (SSSR count). The first kappa shape index (κ1) is 12.6. The fraction of sp³-hybridized carbons (Fsp3) is 0.333. The second-order valence-corrected chi connectivity index (χ2v) is 5.83. The highest BCUT2D eigenvalue weighted by Crippen LogP contribution is 2.33. The number of rotatable bonds is 3. The van der Waals surface area contributed by atoms with Crippen molar-refractivity contribution in [2.75, 3.05) is 13.2 Å². The standard InChI is InChI=1S/C9H11BrN2O4S/c10-6-1-2-8-9(3-6)15-5-7(16-8)4-12-17(11,13)14/h1-3,7,12H,4-5H2,(H2,11,13,14)/t7-/m0/s1. The van der Waals surface area contributed by atoms with Crippen LogP contribution in [0.1, 0.15) is 0 Å². The summed E-state index contributed by atoms with van der Waals surface area (Å²) in [5.41, 5.74) is 0. The van der Waals surface area contributed by atoms with Crippen molar-refractivity contribution < 1.29 is 17.9 Å². The van der Waals surface area contributed by atoms with Crippen molar-refractivity contribution in [2.24, 2.45) is 5.14 Å². The minimum atomic E-state index is -3.70. The predicted molar refractivity (Wildman–Crippen MR) is 65.2 cm³/mol. The molecule has 0 saturated heterocycles. The molecule has 17 heavy (non-hydrogen) atoms. The number of hydrogen-bond donors (Lipinski definition) is 2. The third kappa shape index (κ3) is 3.56. The van der Waals surface area contributed by atoms with E-state index in [1.54, 1.807) is 12.1 Å². The molecule has 1 aromatic carbocycles. The van der Waals surface area contributed by atoms with Gasteiger partial charge in [0.25, 0.3) is 10.2 Å². The van der Waals surface area contributed by atoms with Crippen molar-refractivity contribution >= 4 is 26.1 Å². The zero-order chi connectivity index (χ0) is 12.5. The second-order valence-electron chi connectivity index (χ2n) is 3.54. The van der Waals surface area contributed by atoms with Gasteiger partial charge < -0.3 is 9.47 Å². The molecule has 1 aromatic rings. The summed E-state index contributed by atoms with van der Waals surface area (Å²) in [6.07, 6.45) is -0.387. The lowest BCUT2D eigenvalue weighted by Gasteiger charge is -2.26. The summed E-state index contributed by atoms with van der Waals surface area (Å²) < 4.78 is 35.5. The third-order valence-corrected chi connectivity index (χ3v) is 3.20. The van der Waals surface area contributed by atoms with Crippen LogP contribution in [-0.2, 0) is 10.2 Å². The maximum absolute atomic E-state index is 10.7. The first-order chi connectivity index (χ1) is 7.94. The summed E-state index contributed by atoms with van der Waals surface area (Å²) in [6.45, 7) is 0.348. The van der Waals surface area contributed by atoms with Gasteiger partial charge in [-0.05, 0) is 18.2 Å². The van der Waals surface area contributed by atoms with Crippen molar-refractivity contribution in [1.82, 2.24) is 4.72 Å². The lowest BCUT2D eigenvalue weighted by atomic mass is 10.2. The number of nitrogens with two attached hydrogens (primary N) is 1. The van der Waals surface area contributed by atoms with E-state index in [-0.39, 0.29) is 19.3 Å². The van der Waals surface area contributed by atoms with Crippen molar-refractivity contribution in [3.63, 3.8) is 0 Å². The van der Waals surface area contributed by atoms with Crippen molar-refractivity contribution in [3.05, 3.63) is 22.7 Å². The van der Waals surface area contributed by atoms with Gasteiger partial charge in [-0.3, -0.25) is 0 Å². The van der Waals surface area contributed by atoms with Crippen LogP contribution in [0.15, 0.2) is 22.7 Å². The van der Waals surface area contributed by atoms with Gasteiger partial charge in [0.05, 0.1) is 6.54 Å². The Morgan fingerprint density at radius 1 is 1.47 bits per heavy atom. The maximum atomic E-state index is 10.7. The molecule has 0 bridgehead atoms. The highest BCUT2D eigenvalue weighted by molar-refractivity contribution is 9.10. The van der Waals surface area contributed by atoms with Crippen molar-refractivity contribution in [1.29, 1.82) is 0 Å². The molecule has 1 heterocycles. The summed E-state index contributed by atoms with van der Waals surface area (Å²) >= 11 is 3.32. The van der Waals surface area contributed by atoms with Crippen LogP contribution in [0.25, 0.3) is 0 Å². The van der Waals surface area contributed by atoms with E-state index in [0.29, 0.717) is 11.5 Å². The zero-order valence-electron chi connectivity index (χ0n) is 8.72. The highest BCUT2D eigenvalue weighted by atomic mass is 79.9. The maximum Gasteiger partial charge on any atom is 0.274 e. The molecule has 0 spiro atoms. The summed E-state index contributed by atoms with van der Waals surface area (Å²) in [4.78, 5) is 0. The van der Waals surface area contributed by atoms with Crippen LogP contribution in [0.4, 0.5) is 0 Å². The molecule has 0 radical (unpaired) electrons. The molecular weight excluding hydrogens is 312 g/mol. The predicted octanol–water partition coefficient (Wildman–Crippen LogP) is 0.382. The number of halogens is 1. The van der Waals surface area contributed by atoms with Gasteiger partial charge in [0.1, 0.15) is 12.7 Å². The van der Waals surface area contributed by atoms with Gasteiger partial charge in [0.15, 0.2) is 11.5 Å². The van der Waals surface area contributed by atoms with Gasteiger partial charge in [0, 0.05) is 4.47 Å². The van der Waals surface area contributed by atoms with E-state index < -0.39 is 10.2 Å². The lowest BCUT2D eigenvalue weighted by molar-refractivity contribution is 0.0942. The topological polar surface area (TPSA) is 90.7 Å². The van der Waals surface area contributed by atoms with Crippen LogP contribution < -0.4 is 19.3 Å². The Bertz CT molecular complexity index is 520. The Morgan fingerprint density at radius 2 is 2.24 bits per heavy atom. The van der Waals surface area contributed by atoms with Gasteiger partial charge in [-0.25, -0.2) is 5.14 Å². The van der Waals surface area contributed by atoms with Gasteiger partial charge in [-0.2, -0.15) is 13.1 Å². The number of benzene rings is 1. The molecule has 94 valence electrons. The van der Waals surface area contributed by atoms with E-state index >= 15 is 0 Å². The van der Waals surface area contributed by atoms with E-state index in [0.717, 1.165) is 4.47 Å². The molecule has 3 N–H and O–H groups in total. The van der Waals surface area contributed by atoms with Crippen LogP contribution in [0.5, 0.6) is 11.5 Å². The van der Waals surface area contributed by atoms with Gasteiger partial charge in [0.2, 0.25) is 0 Å². The highest BCUT2D eigenvalue weighted by Gasteiger charge is 2.22. The molecule has 0 saturated carbocycles. The number of fused-ring (bicyclic) bond motifs is 1. The van der Waals surface area contributed by atoms with Gasteiger partial charge in [-0.15, -0.1) is 0 Å². The average molecular weight is 323 g/mol. The zero-order valence-corrected chi connectivity index (χ0v) is 11.1. The largest absolute Gasteiger partial charge is 0.486 e. The number of ether oxygens (including phenoxy) is 2. The summed E-state index contributed by atoms with van der Waals surface area (Å²) in [5, 5.41) is 4.83.